The van der Waals surface area contributed by atoms with Gasteiger partial charge in [0.1, 0.15) is 23.0 Å². The van der Waals surface area contributed by atoms with E-state index in [2.05, 4.69) is 34.3 Å². The van der Waals surface area contributed by atoms with E-state index in [1.807, 2.05) is 24.3 Å². The molecule has 1 aromatic heterocycles. The molecule has 5 heteroatoms. The van der Waals surface area contributed by atoms with Crippen LogP contribution >= 0.6 is 0 Å². The Kier molecular flexibility index (Phi) is 4.63. The van der Waals surface area contributed by atoms with Crippen molar-refractivity contribution in [2.75, 3.05) is 20.8 Å². The summed E-state index contributed by atoms with van der Waals surface area (Å²) in [5.41, 5.74) is 4.41. The maximum atomic E-state index is 5.60. The lowest BCUT2D eigenvalue weighted by Gasteiger charge is -2.26. The summed E-state index contributed by atoms with van der Waals surface area (Å²) < 4.78 is 16.4. The Morgan fingerprint density at radius 1 is 1.04 bits per heavy atom. The van der Waals surface area contributed by atoms with Crippen LogP contribution in [0.5, 0.6) is 11.5 Å². The smallest absolute Gasteiger partial charge is 0.143 e. The molecule has 0 bridgehead atoms. The Bertz CT molecular complexity index is 867. The minimum absolute atomic E-state index is 0.812. The van der Waals surface area contributed by atoms with E-state index < -0.39 is 0 Å². The van der Waals surface area contributed by atoms with E-state index in [0.29, 0.717) is 0 Å². The van der Waals surface area contributed by atoms with Crippen LogP contribution in [-0.4, -0.2) is 30.8 Å². The summed E-state index contributed by atoms with van der Waals surface area (Å²) in [6, 6.07) is 16.2. The maximum absolute atomic E-state index is 5.60. The van der Waals surface area contributed by atoms with Crippen LogP contribution in [0.4, 0.5) is 0 Å². The third-order valence-electron chi connectivity index (χ3n) is 4.77. The van der Waals surface area contributed by atoms with Gasteiger partial charge in [-0.25, -0.2) is 0 Å². The molecule has 1 aliphatic rings. The van der Waals surface area contributed by atoms with Crippen molar-refractivity contribution in [3.8, 4) is 22.8 Å². The molecule has 0 N–H and O–H groups in total. The van der Waals surface area contributed by atoms with Gasteiger partial charge < -0.3 is 14.0 Å². The van der Waals surface area contributed by atoms with E-state index in [9.17, 15) is 0 Å². The zero-order chi connectivity index (χ0) is 17.9. The molecule has 0 aliphatic carbocycles. The lowest BCUT2D eigenvalue weighted by Crippen LogP contribution is -2.29. The standard InChI is InChI=1S/C21H22N2O3/c1-24-17-10-15(11-18(12-17)25-2)13-23-9-8-20-19(14-23)21(22-26-20)16-6-4-3-5-7-16/h3-7,10-12H,8-9,13-14H2,1-2H3. The highest BCUT2D eigenvalue weighted by atomic mass is 16.5. The van der Waals surface area contributed by atoms with Gasteiger partial charge in [0.05, 0.1) is 14.2 Å². The molecule has 0 amide bonds. The molecule has 4 rings (SSSR count). The summed E-state index contributed by atoms with van der Waals surface area (Å²) in [5, 5.41) is 4.32. The topological polar surface area (TPSA) is 47.7 Å². The van der Waals surface area contributed by atoms with Gasteiger partial charge in [-0.2, -0.15) is 0 Å². The van der Waals surface area contributed by atoms with E-state index in [1.165, 1.54) is 11.1 Å². The highest BCUT2D eigenvalue weighted by Crippen LogP contribution is 2.31. The fourth-order valence-electron chi connectivity index (χ4n) is 3.44. The first-order chi connectivity index (χ1) is 12.8. The quantitative estimate of drug-likeness (QED) is 0.698. The largest absolute Gasteiger partial charge is 0.497 e. The number of rotatable bonds is 5. The summed E-state index contributed by atoms with van der Waals surface area (Å²) in [6.45, 7) is 2.59. The Hall–Kier alpha value is -2.79. The highest BCUT2D eigenvalue weighted by molar-refractivity contribution is 5.63. The minimum Gasteiger partial charge on any atom is -0.497 e. The van der Waals surface area contributed by atoms with Crippen LogP contribution in [0.2, 0.25) is 0 Å². The molecule has 2 aromatic carbocycles. The highest BCUT2D eigenvalue weighted by Gasteiger charge is 2.25. The third-order valence-corrected chi connectivity index (χ3v) is 4.77. The average Bonchev–Trinajstić information content (AvgIpc) is 3.11. The van der Waals surface area contributed by atoms with Crippen molar-refractivity contribution in [1.82, 2.24) is 10.1 Å². The molecule has 5 nitrogen and oxygen atoms in total. The number of ether oxygens (including phenoxy) is 2. The third kappa shape index (κ3) is 3.30. The number of methoxy groups -OCH3 is 2. The molecule has 0 radical (unpaired) electrons. The molecular weight excluding hydrogens is 328 g/mol. The van der Waals surface area contributed by atoms with Gasteiger partial charge in [-0.15, -0.1) is 0 Å². The van der Waals surface area contributed by atoms with Gasteiger partial charge in [0.25, 0.3) is 0 Å². The molecule has 0 atom stereocenters. The Balaban J connectivity index is 1.57. The maximum Gasteiger partial charge on any atom is 0.143 e. The lowest BCUT2D eigenvalue weighted by atomic mass is 10.0. The number of hydrogen-bond acceptors (Lipinski definition) is 5. The second kappa shape index (κ2) is 7.22. The SMILES string of the molecule is COc1cc(CN2CCc3onc(-c4ccccc4)c3C2)cc(OC)c1. The number of benzene rings is 2. The van der Waals surface area contributed by atoms with Crippen molar-refractivity contribution in [3.63, 3.8) is 0 Å². The summed E-state index contributed by atoms with van der Waals surface area (Å²) in [6.07, 6.45) is 0.871. The average molecular weight is 350 g/mol. The van der Waals surface area contributed by atoms with E-state index in [0.717, 1.165) is 54.6 Å². The predicted octanol–water partition coefficient (Wildman–Crippen LogP) is 3.92. The number of hydrogen-bond donors (Lipinski definition) is 0. The number of nitrogens with zero attached hydrogens (tertiary/aromatic N) is 2. The Morgan fingerprint density at radius 3 is 2.46 bits per heavy atom. The molecule has 0 spiro atoms. The van der Waals surface area contributed by atoms with Gasteiger partial charge in [-0.3, -0.25) is 4.90 Å². The fraction of sp³-hybridized carbons (Fsp3) is 0.286. The van der Waals surface area contributed by atoms with Gasteiger partial charge in [0.15, 0.2) is 0 Å². The van der Waals surface area contributed by atoms with Crippen molar-refractivity contribution in [1.29, 1.82) is 0 Å². The zero-order valence-corrected chi connectivity index (χ0v) is 15.1. The molecule has 2 heterocycles. The molecule has 0 fully saturated rings. The predicted molar refractivity (Wildman–Crippen MR) is 99.3 cm³/mol. The Labute approximate surface area is 153 Å². The van der Waals surface area contributed by atoms with Crippen molar-refractivity contribution >= 4 is 0 Å². The Morgan fingerprint density at radius 2 is 1.77 bits per heavy atom. The van der Waals surface area contributed by atoms with Crippen molar-refractivity contribution < 1.29 is 14.0 Å². The van der Waals surface area contributed by atoms with Crippen LogP contribution in [0.1, 0.15) is 16.9 Å². The van der Waals surface area contributed by atoms with Crippen LogP contribution in [0.15, 0.2) is 53.1 Å². The lowest BCUT2D eigenvalue weighted by molar-refractivity contribution is 0.228. The first-order valence-electron chi connectivity index (χ1n) is 8.74. The van der Waals surface area contributed by atoms with Crippen molar-refractivity contribution in [2.24, 2.45) is 0 Å². The first-order valence-corrected chi connectivity index (χ1v) is 8.74. The fourth-order valence-corrected chi connectivity index (χ4v) is 3.44. The van der Waals surface area contributed by atoms with Gasteiger partial charge in [0.2, 0.25) is 0 Å². The second-order valence-electron chi connectivity index (χ2n) is 6.48. The first kappa shape index (κ1) is 16.7. The van der Waals surface area contributed by atoms with E-state index in [-0.39, 0.29) is 0 Å². The van der Waals surface area contributed by atoms with Gasteiger partial charge in [-0.05, 0) is 17.7 Å². The normalized spacial score (nSPS) is 14.1. The summed E-state index contributed by atoms with van der Waals surface area (Å²) in [5.74, 6) is 2.63. The number of aromatic nitrogens is 1. The zero-order valence-electron chi connectivity index (χ0n) is 15.1. The van der Waals surface area contributed by atoms with Crippen LogP contribution in [-0.2, 0) is 19.5 Å². The second-order valence-corrected chi connectivity index (χ2v) is 6.48. The van der Waals surface area contributed by atoms with Crippen LogP contribution in [0.3, 0.4) is 0 Å². The number of fused-ring (bicyclic) bond motifs is 1. The van der Waals surface area contributed by atoms with Crippen LogP contribution in [0.25, 0.3) is 11.3 Å². The molecular formula is C21H22N2O3. The van der Waals surface area contributed by atoms with E-state index >= 15 is 0 Å². The monoisotopic (exact) mass is 350 g/mol. The molecule has 0 unspecified atom stereocenters. The van der Waals surface area contributed by atoms with Gasteiger partial charge >= 0.3 is 0 Å². The molecule has 3 aromatic rings. The summed E-state index contributed by atoms with van der Waals surface area (Å²) in [4.78, 5) is 2.40. The van der Waals surface area contributed by atoms with Crippen molar-refractivity contribution in [2.45, 2.75) is 19.5 Å². The summed E-state index contributed by atoms with van der Waals surface area (Å²) >= 11 is 0. The minimum atomic E-state index is 0.812. The molecule has 134 valence electrons. The van der Waals surface area contributed by atoms with Crippen LogP contribution in [0, 0.1) is 0 Å². The van der Waals surface area contributed by atoms with Gasteiger partial charge in [0, 0.05) is 43.2 Å². The van der Waals surface area contributed by atoms with Crippen molar-refractivity contribution in [3.05, 3.63) is 65.4 Å². The molecule has 0 saturated carbocycles. The summed E-state index contributed by atoms with van der Waals surface area (Å²) in [7, 11) is 3.35. The van der Waals surface area contributed by atoms with E-state index in [1.54, 1.807) is 14.2 Å². The molecule has 0 saturated heterocycles. The molecule has 26 heavy (non-hydrogen) atoms. The van der Waals surface area contributed by atoms with E-state index in [4.69, 9.17) is 14.0 Å². The van der Waals surface area contributed by atoms with Gasteiger partial charge in [-0.1, -0.05) is 35.5 Å². The van der Waals surface area contributed by atoms with Crippen LogP contribution < -0.4 is 9.47 Å². The molecule has 1 aliphatic heterocycles.